The van der Waals surface area contributed by atoms with E-state index in [9.17, 15) is 4.79 Å². The van der Waals surface area contributed by atoms with Gasteiger partial charge in [-0.1, -0.05) is 23.7 Å². The highest BCUT2D eigenvalue weighted by Crippen LogP contribution is 2.25. The number of rotatable bonds is 3. The average molecular weight is 383 g/mol. The van der Waals surface area contributed by atoms with Crippen molar-refractivity contribution >= 4 is 40.1 Å². The van der Waals surface area contributed by atoms with Crippen LogP contribution in [-0.4, -0.2) is 49.2 Å². The lowest BCUT2D eigenvalue weighted by molar-refractivity contribution is 0.0595. The third-order valence-electron chi connectivity index (χ3n) is 4.70. The zero-order valence-electron chi connectivity index (χ0n) is 14.9. The molecule has 1 aliphatic rings. The number of aromatic nitrogens is 2. The second-order valence-corrected chi connectivity index (χ2v) is 6.76. The third-order valence-corrected chi connectivity index (χ3v) is 4.95. The summed E-state index contributed by atoms with van der Waals surface area (Å²) in [6.45, 7) is 3.10. The standard InChI is InChI=1S/C20H19ClN4O2/c1-27-20(26)18-19(23-17-5-3-2-4-16(17)22-18)25-12-10-24(11-13-25)15-8-6-14(21)7-9-15/h2-9H,10-13H2,1H3. The molecule has 1 saturated heterocycles. The number of hydrogen-bond donors (Lipinski definition) is 0. The van der Waals surface area contributed by atoms with Crippen molar-refractivity contribution in [3.63, 3.8) is 0 Å². The number of benzene rings is 2. The highest BCUT2D eigenvalue weighted by molar-refractivity contribution is 6.30. The fourth-order valence-corrected chi connectivity index (χ4v) is 3.40. The van der Waals surface area contributed by atoms with Gasteiger partial charge in [0.05, 0.1) is 18.1 Å². The normalized spacial score (nSPS) is 14.4. The number of para-hydroxylation sites is 2. The fraction of sp³-hybridized carbons (Fsp3) is 0.250. The minimum absolute atomic E-state index is 0.260. The van der Waals surface area contributed by atoms with Crippen molar-refractivity contribution in [1.82, 2.24) is 9.97 Å². The number of carbonyl (C=O) groups excluding carboxylic acids is 1. The number of carbonyl (C=O) groups is 1. The lowest BCUT2D eigenvalue weighted by Gasteiger charge is -2.37. The van der Waals surface area contributed by atoms with Gasteiger partial charge in [0.25, 0.3) is 0 Å². The molecular formula is C20H19ClN4O2. The van der Waals surface area contributed by atoms with E-state index in [4.69, 9.17) is 21.3 Å². The molecule has 1 aromatic heterocycles. The molecule has 27 heavy (non-hydrogen) atoms. The lowest BCUT2D eigenvalue weighted by Crippen LogP contribution is -2.47. The number of esters is 1. The van der Waals surface area contributed by atoms with Gasteiger partial charge in [0.15, 0.2) is 11.5 Å². The number of fused-ring (bicyclic) bond motifs is 1. The second-order valence-electron chi connectivity index (χ2n) is 6.33. The Morgan fingerprint density at radius 1 is 0.926 bits per heavy atom. The van der Waals surface area contributed by atoms with E-state index in [-0.39, 0.29) is 5.69 Å². The van der Waals surface area contributed by atoms with Crippen LogP contribution in [0.5, 0.6) is 0 Å². The van der Waals surface area contributed by atoms with Crippen molar-refractivity contribution in [2.24, 2.45) is 0 Å². The van der Waals surface area contributed by atoms with Gasteiger partial charge >= 0.3 is 5.97 Å². The van der Waals surface area contributed by atoms with Crippen LogP contribution >= 0.6 is 11.6 Å². The Balaban J connectivity index is 1.61. The van der Waals surface area contributed by atoms with Gasteiger partial charge in [0.1, 0.15) is 0 Å². The Labute approximate surface area is 162 Å². The summed E-state index contributed by atoms with van der Waals surface area (Å²) in [6, 6.07) is 15.4. The minimum Gasteiger partial charge on any atom is -0.464 e. The Hall–Kier alpha value is -2.86. The molecule has 0 aliphatic carbocycles. The third kappa shape index (κ3) is 3.53. The summed E-state index contributed by atoms with van der Waals surface area (Å²) in [5.74, 6) is 0.111. The summed E-state index contributed by atoms with van der Waals surface area (Å²) in [6.07, 6.45) is 0. The van der Waals surface area contributed by atoms with Crippen molar-refractivity contribution in [3.8, 4) is 0 Å². The van der Waals surface area contributed by atoms with E-state index in [1.807, 2.05) is 48.5 Å². The van der Waals surface area contributed by atoms with E-state index in [0.717, 1.165) is 42.4 Å². The largest absolute Gasteiger partial charge is 0.464 e. The van der Waals surface area contributed by atoms with Crippen LogP contribution in [0, 0.1) is 0 Å². The van der Waals surface area contributed by atoms with Crippen LogP contribution in [0.25, 0.3) is 11.0 Å². The average Bonchev–Trinajstić information content (AvgIpc) is 2.73. The molecule has 0 radical (unpaired) electrons. The van der Waals surface area contributed by atoms with Crippen LogP contribution in [-0.2, 0) is 4.74 Å². The molecule has 0 saturated carbocycles. The zero-order valence-corrected chi connectivity index (χ0v) is 15.7. The van der Waals surface area contributed by atoms with Gasteiger partial charge in [-0.2, -0.15) is 0 Å². The molecular weight excluding hydrogens is 364 g/mol. The molecule has 6 nitrogen and oxygen atoms in total. The predicted molar refractivity (Wildman–Crippen MR) is 107 cm³/mol. The molecule has 0 spiro atoms. The van der Waals surface area contributed by atoms with Gasteiger partial charge in [0, 0.05) is 36.9 Å². The molecule has 7 heteroatoms. The molecule has 2 aromatic carbocycles. The van der Waals surface area contributed by atoms with Crippen molar-refractivity contribution < 1.29 is 9.53 Å². The number of halogens is 1. The molecule has 4 rings (SSSR count). The van der Waals surface area contributed by atoms with E-state index < -0.39 is 5.97 Å². The predicted octanol–water partition coefficient (Wildman–Crippen LogP) is 3.40. The van der Waals surface area contributed by atoms with Gasteiger partial charge in [-0.3, -0.25) is 0 Å². The molecule has 0 amide bonds. The number of ether oxygens (including phenoxy) is 1. The minimum atomic E-state index is -0.469. The zero-order chi connectivity index (χ0) is 18.8. The van der Waals surface area contributed by atoms with E-state index >= 15 is 0 Å². The van der Waals surface area contributed by atoms with Gasteiger partial charge in [-0.05, 0) is 36.4 Å². The summed E-state index contributed by atoms with van der Waals surface area (Å²) in [7, 11) is 1.36. The van der Waals surface area contributed by atoms with Crippen LogP contribution < -0.4 is 9.80 Å². The second kappa shape index (κ2) is 7.40. The summed E-state index contributed by atoms with van der Waals surface area (Å²) in [5, 5.41) is 0.728. The molecule has 0 N–H and O–H groups in total. The van der Waals surface area contributed by atoms with Gasteiger partial charge in [-0.15, -0.1) is 0 Å². The van der Waals surface area contributed by atoms with E-state index in [2.05, 4.69) is 14.8 Å². The maximum Gasteiger partial charge on any atom is 0.360 e. The molecule has 0 atom stereocenters. The number of piperazine rings is 1. The first-order valence-corrected chi connectivity index (χ1v) is 9.14. The highest BCUT2D eigenvalue weighted by atomic mass is 35.5. The first kappa shape index (κ1) is 17.5. The summed E-state index contributed by atoms with van der Waals surface area (Å²) in [4.78, 5) is 25.9. The SMILES string of the molecule is COC(=O)c1nc2ccccc2nc1N1CCN(c2ccc(Cl)cc2)CC1. The Kier molecular flexibility index (Phi) is 4.81. The monoisotopic (exact) mass is 382 g/mol. The maximum absolute atomic E-state index is 12.3. The summed E-state index contributed by atoms with van der Waals surface area (Å²) >= 11 is 5.98. The van der Waals surface area contributed by atoms with Crippen LogP contribution in [0.2, 0.25) is 5.02 Å². The highest BCUT2D eigenvalue weighted by Gasteiger charge is 2.25. The topological polar surface area (TPSA) is 58.6 Å². The van der Waals surface area contributed by atoms with Crippen molar-refractivity contribution in [1.29, 1.82) is 0 Å². The smallest absolute Gasteiger partial charge is 0.360 e. The Morgan fingerprint density at radius 3 is 2.15 bits per heavy atom. The van der Waals surface area contributed by atoms with Crippen molar-refractivity contribution in [2.45, 2.75) is 0 Å². The van der Waals surface area contributed by atoms with E-state index in [0.29, 0.717) is 11.3 Å². The molecule has 1 aliphatic heterocycles. The van der Waals surface area contributed by atoms with Crippen LogP contribution in [0.3, 0.4) is 0 Å². The van der Waals surface area contributed by atoms with Crippen molar-refractivity contribution in [2.75, 3.05) is 43.1 Å². The lowest BCUT2D eigenvalue weighted by atomic mass is 10.2. The summed E-state index contributed by atoms with van der Waals surface area (Å²) < 4.78 is 4.93. The molecule has 3 aromatic rings. The summed E-state index contributed by atoms with van der Waals surface area (Å²) in [5.41, 5.74) is 2.84. The molecule has 138 valence electrons. The van der Waals surface area contributed by atoms with Crippen LogP contribution in [0.4, 0.5) is 11.5 Å². The molecule has 1 fully saturated rings. The maximum atomic E-state index is 12.3. The fourth-order valence-electron chi connectivity index (χ4n) is 3.27. The van der Waals surface area contributed by atoms with Gasteiger partial charge in [0.2, 0.25) is 0 Å². The quantitative estimate of drug-likeness (QED) is 0.647. The Morgan fingerprint density at radius 2 is 1.52 bits per heavy atom. The molecule has 0 bridgehead atoms. The number of methoxy groups -OCH3 is 1. The molecule has 2 heterocycles. The first-order valence-electron chi connectivity index (χ1n) is 8.76. The number of nitrogens with zero attached hydrogens (tertiary/aromatic N) is 4. The van der Waals surface area contributed by atoms with Crippen LogP contribution in [0.15, 0.2) is 48.5 Å². The first-order chi connectivity index (χ1) is 13.2. The van der Waals surface area contributed by atoms with Gasteiger partial charge < -0.3 is 14.5 Å². The van der Waals surface area contributed by atoms with E-state index in [1.165, 1.54) is 7.11 Å². The van der Waals surface area contributed by atoms with Gasteiger partial charge in [-0.25, -0.2) is 14.8 Å². The van der Waals surface area contributed by atoms with Crippen molar-refractivity contribution in [3.05, 3.63) is 59.2 Å². The van der Waals surface area contributed by atoms with E-state index in [1.54, 1.807) is 0 Å². The molecule has 0 unspecified atom stereocenters. The number of hydrogen-bond acceptors (Lipinski definition) is 6. The number of anilines is 2. The Bertz CT molecular complexity index is 969. The van der Waals surface area contributed by atoms with Crippen LogP contribution in [0.1, 0.15) is 10.5 Å².